The van der Waals surface area contributed by atoms with Crippen LogP contribution in [-0.4, -0.2) is 19.0 Å². The van der Waals surface area contributed by atoms with Crippen LogP contribution in [-0.2, 0) is 4.74 Å². The topological polar surface area (TPSA) is 50.4 Å². The molecule has 1 unspecified atom stereocenters. The van der Waals surface area contributed by atoms with E-state index in [1.165, 1.54) is 17.6 Å². The molecule has 2 N–H and O–H groups in total. The molecule has 1 aliphatic heterocycles. The summed E-state index contributed by atoms with van der Waals surface area (Å²) < 4.78 is 4.56. The standard InChI is InChI=1S/C16H16N2O2S/c1-20-16(19)18-12-8-6-11(7-9-12)17-14-10-21-15-5-3-2-4-13(14)15/h2-9,14,17H,10H2,1H3,(H,18,19). The van der Waals surface area contributed by atoms with E-state index >= 15 is 0 Å². The van der Waals surface area contributed by atoms with E-state index in [0.29, 0.717) is 11.7 Å². The number of carbonyl (C=O) groups excluding carboxylic acids is 1. The van der Waals surface area contributed by atoms with E-state index < -0.39 is 6.09 Å². The molecular weight excluding hydrogens is 284 g/mol. The van der Waals surface area contributed by atoms with Crippen molar-refractivity contribution in [1.82, 2.24) is 0 Å². The Kier molecular flexibility index (Phi) is 4.01. The van der Waals surface area contributed by atoms with Gasteiger partial charge in [-0.05, 0) is 35.9 Å². The van der Waals surface area contributed by atoms with Crippen molar-refractivity contribution in [1.29, 1.82) is 0 Å². The number of benzene rings is 2. The van der Waals surface area contributed by atoms with Gasteiger partial charge in [-0.3, -0.25) is 5.32 Å². The highest BCUT2D eigenvalue weighted by Crippen LogP contribution is 2.39. The van der Waals surface area contributed by atoms with Crippen LogP contribution in [0.1, 0.15) is 11.6 Å². The molecule has 0 bridgehead atoms. The van der Waals surface area contributed by atoms with E-state index in [2.05, 4.69) is 39.6 Å². The van der Waals surface area contributed by atoms with Crippen LogP contribution in [0.2, 0.25) is 0 Å². The molecule has 21 heavy (non-hydrogen) atoms. The molecule has 3 rings (SSSR count). The lowest BCUT2D eigenvalue weighted by molar-refractivity contribution is 0.187. The van der Waals surface area contributed by atoms with Crippen molar-refractivity contribution >= 4 is 29.2 Å². The molecule has 5 heteroatoms. The molecule has 2 aromatic rings. The Morgan fingerprint density at radius 3 is 2.62 bits per heavy atom. The van der Waals surface area contributed by atoms with Crippen LogP contribution in [0.5, 0.6) is 0 Å². The summed E-state index contributed by atoms with van der Waals surface area (Å²) in [5, 5.41) is 6.16. The lowest BCUT2D eigenvalue weighted by Gasteiger charge is -2.15. The Morgan fingerprint density at radius 2 is 1.86 bits per heavy atom. The molecule has 0 saturated carbocycles. The average molecular weight is 300 g/mol. The van der Waals surface area contributed by atoms with Gasteiger partial charge in [0.15, 0.2) is 0 Å². The number of hydrogen-bond donors (Lipinski definition) is 2. The minimum atomic E-state index is -0.461. The predicted octanol–water partition coefficient (Wildman–Crippen LogP) is 4.12. The van der Waals surface area contributed by atoms with Gasteiger partial charge in [0.2, 0.25) is 0 Å². The van der Waals surface area contributed by atoms with Crippen LogP contribution in [0.4, 0.5) is 16.2 Å². The first-order valence-corrected chi connectivity index (χ1v) is 7.68. The Balaban J connectivity index is 1.68. The van der Waals surface area contributed by atoms with Gasteiger partial charge in [0.25, 0.3) is 0 Å². The van der Waals surface area contributed by atoms with Crippen molar-refractivity contribution in [3.05, 3.63) is 54.1 Å². The Hall–Kier alpha value is -2.14. The SMILES string of the molecule is COC(=O)Nc1ccc(NC2CSc3ccccc32)cc1. The van der Waals surface area contributed by atoms with E-state index in [1.54, 1.807) is 0 Å². The van der Waals surface area contributed by atoms with Crippen molar-refractivity contribution < 1.29 is 9.53 Å². The lowest BCUT2D eigenvalue weighted by Crippen LogP contribution is -2.11. The molecule has 1 amide bonds. The van der Waals surface area contributed by atoms with Crippen LogP contribution in [0.25, 0.3) is 0 Å². The Morgan fingerprint density at radius 1 is 1.14 bits per heavy atom. The fraction of sp³-hybridized carbons (Fsp3) is 0.188. The normalized spacial score (nSPS) is 16.1. The summed E-state index contributed by atoms with van der Waals surface area (Å²) in [5.74, 6) is 1.03. The van der Waals surface area contributed by atoms with Gasteiger partial charge in [-0.15, -0.1) is 11.8 Å². The number of anilines is 2. The second-order valence-electron chi connectivity index (χ2n) is 4.74. The predicted molar refractivity (Wildman–Crippen MR) is 86.0 cm³/mol. The largest absolute Gasteiger partial charge is 0.453 e. The zero-order valence-corrected chi connectivity index (χ0v) is 12.4. The van der Waals surface area contributed by atoms with E-state index in [0.717, 1.165) is 11.4 Å². The number of hydrogen-bond acceptors (Lipinski definition) is 4. The summed E-state index contributed by atoms with van der Waals surface area (Å²) >= 11 is 1.87. The van der Waals surface area contributed by atoms with Gasteiger partial charge in [0.05, 0.1) is 13.2 Å². The van der Waals surface area contributed by atoms with E-state index in [-0.39, 0.29) is 0 Å². The van der Waals surface area contributed by atoms with Gasteiger partial charge in [0, 0.05) is 22.0 Å². The lowest BCUT2D eigenvalue weighted by atomic mass is 10.1. The maximum atomic E-state index is 11.1. The van der Waals surface area contributed by atoms with Crippen LogP contribution in [0.15, 0.2) is 53.4 Å². The molecule has 0 fully saturated rings. The van der Waals surface area contributed by atoms with Gasteiger partial charge in [-0.25, -0.2) is 4.79 Å². The van der Waals surface area contributed by atoms with Crippen molar-refractivity contribution in [2.45, 2.75) is 10.9 Å². The molecule has 0 aromatic heterocycles. The molecule has 0 spiro atoms. The fourth-order valence-electron chi connectivity index (χ4n) is 2.30. The van der Waals surface area contributed by atoms with Crippen molar-refractivity contribution in [2.75, 3.05) is 23.5 Å². The van der Waals surface area contributed by atoms with E-state index in [9.17, 15) is 4.79 Å². The maximum Gasteiger partial charge on any atom is 0.411 e. The minimum absolute atomic E-state index is 0.325. The zero-order chi connectivity index (χ0) is 14.7. The zero-order valence-electron chi connectivity index (χ0n) is 11.6. The van der Waals surface area contributed by atoms with Crippen LogP contribution >= 0.6 is 11.8 Å². The average Bonchev–Trinajstić information content (AvgIpc) is 2.92. The first-order chi connectivity index (χ1) is 10.3. The maximum absolute atomic E-state index is 11.1. The molecular formula is C16H16N2O2S. The van der Waals surface area contributed by atoms with Crippen LogP contribution in [0.3, 0.4) is 0 Å². The smallest absolute Gasteiger partial charge is 0.411 e. The third-order valence-corrected chi connectivity index (χ3v) is 4.54. The summed E-state index contributed by atoms with van der Waals surface area (Å²) in [6.07, 6.45) is -0.461. The highest BCUT2D eigenvalue weighted by atomic mass is 32.2. The quantitative estimate of drug-likeness (QED) is 0.895. The number of methoxy groups -OCH3 is 1. The second kappa shape index (κ2) is 6.10. The highest BCUT2D eigenvalue weighted by molar-refractivity contribution is 7.99. The molecule has 4 nitrogen and oxygen atoms in total. The number of fused-ring (bicyclic) bond motifs is 1. The number of thioether (sulfide) groups is 1. The van der Waals surface area contributed by atoms with Crippen molar-refractivity contribution in [2.24, 2.45) is 0 Å². The number of rotatable bonds is 3. The Labute approximate surface area is 127 Å². The molecule has 1 atom stereocenters. The van der Waals surface area contributed by atoms with Gasteiger partial charge in [-0.1, -0.05) is 18.2 Å². The first-order valence-electron chi connectivity index (χ1n) is 6.69. The minimum Gasteiger partial charge on any atom is -0.453 e. The molecule has 0 aliphatic carbocycles. The number of amides is 1. The van der Waals surface area contributed by atoms with E-state index in [1.807, 2.05) is 36.0 Å². The third kappa shape index (κ3) is 3.13. The van der Waals surface area contributed by atoms with E-state index in [4.69, 9.17) is 0 Å². The molecule has 0 saturated heterocycles. The second-order valence-corrected chi connectivity index (χ2v) is 5.80. The Bertz CT molecular complexity index is 643. The van der Waals surface area contributed by atoms with Gasteiger partial charge in [0.1, 0.15) is 0 Å². The van der Waals surface area contributed by atoms with Crippen LogP contribution in [0, 0.1) is 0 Å². The van der Waals surface area contributed by atoms with Gasteiger partial charge < -0.3 is 10.1 Å². The summed E-state index contributed by atoms with van der Waals surface area (Å²) in [5.41, 5.74) is 3.10. The molecule has 0 radical (unpaired) electrons. The van der Waals surface area contributed by atoms with Crippen LogP contribution < -0.4 is 10.6 Å². The number of ether oxygens (including phenoxy) is 1. The third-order valence-electron chi connectivity index (χ3n) is 3.36. The van der Waals surface area contributed by atoms with Crippen molar-refractivity contribution in [3.8, 4) is 0 Å². The molecule has 2 aromatic carbocycles. The first kappa shape index (κ1) is 13.8. The fourth-order valence-corrected chi connectivity index (χ4v) is 3.46. The van der Waals surface area contributed by atoms with Gasteiger partial charge >= 0.3 is 6.09 Å². The summed E-state index contributed by atoms with van der Waals surface area (Å²) in [4.78, 5) is 12.5. The summed E-state index contributed by atoms with van der Waals surface area (Å²) in [6.45, 7) is 0. The highest BCUT2D eigenvalue weighted by Gasteiger charge is 2.22. The molecule has 1 aliphatic rings. The monoisotopic (exact) mass is 300 g/mol. The number of carbonyl (C=O) groups is 1. The molecule has 1 heterocycles. The summed E-state index contributed by atoms with van der Waals surface area (Å²) in [6, 6.07) is 16.4. The molecule has 108 valence electrons. The number of nitrogens with one attached hydrogen (secondary N) is 2. The van der Waals surface area contributed by atoms with Gasteiger partial charge in [-0.2, -0.15) is 0 Å². The van der Waals surface area contributed by atoms with Crippen molar-refractivity contribution in [3.63, 3.8) is 0 Å². The summed E-state index contributed by atoms with van der Waals surface area (Å²) in [7, 11) is 1.35.